The minimum atomic E-state index is -0.0589. The molecule has 2 fully saturated rings. The summed E-state index contributed by atoms with van der Waals surface area (Å²) >= 11 is 0. The highest BCUT2D eigenvalue weighted by Gasteiger charge is 2.35. The molecule has 2 aliphatic rings. The number of carbonyl (C=O) groups excluding carboxylic acids is 1. The zero-order chi connectivity index (χ0) is 9.26. The summed E-state index contributed by atoms with van der Waals surface area (Å²) in [5.74, 6) is -0.0589. The molecular formula is C9H16ClN3O. The quantitative estimate of drug-likeness (QED) is 0.619. The lowest BCUT2D eigenvalue weighted by molar-refractivity contribution is -0.118. The standard InChI is InChI=1S/C9H15N3O.ClH/c1-2-9(13)11-7-5-12(6-7)8-3-10-4-8;/h2,7-8,10H,1,3-6H2,(H,11,13);1H. The number of hydrogen-bond donors (Lipinski definition) is 2. The molecule has 14 heavy (non-hydrogen) atoms. The predicted octanol–water partition coefficient (Wildman–Crippen LogP) is -0.634. The maximum absolute atomic E-state index is 10.9. The van der Waals surface area contributed by atoms with E-state index in [1.54, 1.807) is 0 Å². The van der Waals surface area contributed by atoms with E-state index in [0.29, 0.717) is 12.1 Å². The van der Waals surface area contributed by atoms with E-state index in [4.69, 9.17) is 0 Å². The first-order valence-corrected chi connectivity index (χ1v) is 4.67. The Hall–Kier alpha value is -0.580. The number of hydrogen-bond acceptors (Lipinski definition) is 3. The monoisotopic (exact) mass is 217 g/mol. The average molecular weight is 218 g/mol. The molecule has 0 atom stereocenters. The fraction of sp³-hybridized carbons (Fsp3) is 0.667. The molecule has 2 aliphatic heterocycles. The lowest BCUT2D eigenvalue weighted by Gasteiger charge is -2.48. The predicted molar refractivity (Wildman–Crippen MR) is 57.6 cm³/mol. The van der Waals surface area contributed by atoms with Gasteiger partial charge in [-0.3, -0.25) is 9.69 Å². The highest BCUT2D eigenvalue weighted by Crippen LogP contribution is 2.14. The first kappa shape index (κ1) is 11.5. The lowest BCUT2D eigenvalue weighted by atomic mass is 10.0. The molecule has 1 amide bonds. The van der Waals surface area contributed by atoms with Crippen LogP contribution in [-0.2, 0) is 4.79 Å². The molecule has 2 N–H and O–H groups in total. The van der Waals surface area contributed by atoms with Crippen molar-refractivity contribution in [1.82, 2.24) is 15.5 Å². The number of carbonyl (C=O) groups is 1. The van der Waals surface area contributed by atoms with Crippen LogP contribution in [0.5, 0.6) is 0 Å². The number of likely N-dealkylation sites (tertiary alicyclic amines) is 1. The van der Waals surface area contributed by atoms with E-state index in [9.17, 15) is 4.79 Å². The van der Waals surface area contributed by atoms with Gasteiger partial charge < -0.3 is 10.6 Å². The second-order valence-corrected chi connectivity index (χ2v) is 3.68. The van der Waals surface area contributed by atoms with Crippen molar-refractivity contribution in [2.75, 3.05) is 26.2 Å². The Morgan fingerprint density at radius 3 is 2.57 bits per heavy atom. The van der Waals surface area contributed by atoms with Crippen LogP contribution in [0.25, 0.3) is 0 Å². The summed E-state index contributed by atoms with van der Waals surface area (Å²) in [5.41, 5.74) is 0. The van der Waals surface area contributed by atoms with Crippen molar-refractivity contribution in [3.63, 3.8) is 0 Å². The molecular weight excluding hydrogens is 202 g/mol. The largest absolute Gasteiger partial charge is 0.347 e. The number of nitrogens with zero attached hydrogens (tertiary/aromatic N) is 1. The normalized spacial score (nSPS) is 22.9. The molecule has 0 aliphatic carbocycles. The van der Waals surface area contributed by atoms with Gasteiger partial charge in [-0.15, -0.1) is 12.4 Å². The molecule has 80 valence electrons. The van der Waals surface area contributed by atoms with Crippen LogP contribution in [0.1, 0.15) is 0 Å². The smallest absolute Gasteiger partial charge is 0.243 e. The van der Waals surface area contributed by atoms with Gasteiger partial charge in [-0.25, -0.2) is 0 Å². The van der Waals surface area contributed by atoms with E-state index in [2.05, 4.69) is 22.1 Å². The van der Waals surface area contributed by atoms with Crippen LogP contribution in [0.4, 0.5) is 0 Å². The first-order chi connectivity index (χ1) is 6.29. The van der Waals surface area contributed by atoms with Gasteiger partial charge in [0.1, 0.15) is 0 Å². The molecule has 5 heteroatoms. The second-order valence-electron chi connectivity index (χ2n) is 3.68. The van der Waals surface area contributed by atoms with E-state index in [0.717, 1.165) is 26.2 Å². The number of rotatable bonds is 3. The molecule has 0 bridgehead atoms. The fourth-order valence-corrected chi connectivity index (χ4v) is 1.69. The highest BCUT2D eigenvalue weighted by atomic mass is 35.5. The zero-order valence-electron chi connectivity index (χ0n) is 8.03. The molecule has 2 heterocycles. The Labute approximate surface area is 90.1 Å². The molecule has 0 radical (unpaired) electrons. The summed E-state index contributed by atoms with van der Waals surface area (Å²) in [7, 11) is 0. The number of halogens is 1. The highest BCUT2D eigenvalue weighted by molar-refractivity contribution is 5.87. The Kier molecular flexibility index (Phi) is 3.92. The van der Waals surface area contributed by atoms with E-state index in [-0.39, 0.29) is 18.3 Å². The van der Waals surface area contributed by atoms with Crippen LogP contribution in [0.15, 0.2) is 12.7 Å². The summed E-state index contributed by atoms with van der Waals surface area (Å²) in [4.78, 5) is 13.3. The van der Waals surface area contributed by atoms with Gasteiger partial charge in [-0.2, -0.15) is 0 Å². The minimum absolute atomic E-state index is 0. The van der Waals surface area contributed by atoms with E-state index >= 15 is 0 Å². The molecule has 0 saturated carbocycles. The zero-order valence-corrected chi connectivity index (χ0v) is 8.85. The first-order valence-electron chi connectivity index (χ1n) is 4.67. The van der Waals surface area contributed by atoms with Gasteiger partial charge in [0.05, 0.1) is 6.04 Å². The minimum Gasteiger partial charge on any atom is -0.347 e. The van der Waals surface area contributed by atoms with Gasteiger partial charge >= 0.3 is 0 Å². The van der Waals surface area contributed by atoms with Crippen LogP contribution in [0.2, 0.25) is 0 Å². The molecule has 2 saturated heterocycles. The summed E-state index contributed by atoms with van der Waals surface area (Å²) in [6.45, 7) is 7.60. The third kappa shape index (κ3) is 2.26. The molecule has 0 aromatic heterocycles. The van der Waals surface area contributed by atoms with Crippen LogP contribution in [0.3, 0.4) is 0 Å². The van der Waals surface area contributed by atoms with E-state index in [1.165, 1.54) is 6.08 Å². The van der Waals surface area contributed by atoms with Gasteiger partial charge in [0.15, 0.2) is 0 Å². The lowest BCUT2D eigenvalue weighted by Crippen LogP contribution is -2.68. The van der Waals surface area contributed by atoms with Crippen molar-refractivity contribution in [3.8, 4) is 0 Å². The Morgan fingerprint density at radius 1 is 1.50 bits per heavy atom. The van der Waals surface area contributed by atoms with Crippen molar-refractivity contribution >= 4 is 18.3 Å². The van der Waals surface area contributed by atoms with Crippen molar-refractivity contribution < 1.29 is 4.79 Å². The summed E-state index contributed by atoms with van der Waals surface area (Å²) in [6.07, 6.45) is 1.33. The van der Waals surface area contributed by atoms with Crippen LogP contribution >= 0.6 is 12.4 Å². The average Bonchev–Trinajstić information content (AvgIpc) is 1.96. The molecule has 0 unspecified atom stereocenters. The third-order valence-corrected chi connectivity index (χ3v) is 2.72. The Balaban J connectivity index is 0.000000980. The van der Waals surface area contributed by atoms with Crippen LogP contribution in [-0.4, -0.2) is 49.1 Å². The fourth-order valence-electron chi connectivity index (χ4n) is 1.69. The molecule has 2 rings (SSSR count). The second kappa shape index (κ2) is 4.77. The van der Waals surface area contributed by atoms with Gasteiger partial charge in [-0.05, 0) is 6.08 Å². The summed E-state index contributed by atoms with van der Waals surface area (Å²) in [5, 5.41) is 6.11. The van der Waals surface area contributed by atoms with Gasteiger partial charge in [0, 0.05) is 32.2 Å². The molecule has 0 aromatic carbocycles. The Bertz CT molecular complexity index is 224. The van der Waals surface area contributed by atoms with Gasteiger partial charge in [-0.1, -0.05) is 6.58 Å². The number of amides is 1. The maximum Gasteiger partial charge on any atom is 0.243 e. The van der Waals surface area contributed by atoms with Crippen molar-refractivity contribution in [2.24, 2.45) is 0 Å². The van der Waals surface area contributed by atoms with Crippen LogP contribution in [0, 0.1) is 0 Å². The van der Waals surface area contributed by atoms with Crippen molar-refractivity contribution in [1.29, 1.82) is 0 Å². The maximum atomic E-state index is 10.9. The topological polar surface area (TPSA) is 44.4 Å². The number of nitrogens with one attached hydrogen (secondary N) is 2. The van der Waals surface area contributed by atoms with Crippen LogP contribution < -0.4 is 10.6 Å². The van der Waals surface area contributed by atoms with Gasteiger partial charge in [0.2, 0.25) is 5.91 Å². The Morgan fingerprint density at radius 2 is 2.14 bits per heavy atom. The van der Waals surface area contributed by atoms with Crippen molar-refractivity contribution in [3.05, 3.63) is 12.7 Å². The SMILES string of the molecule is C=CC(=O)NC1CN(C2CNC2)C1.Cl. The third-order valence-electron chi connectivity index (χ3n) is 2.72. The summed E-state index contributed by atoms with van der Waals surface area (Å²) in [6, 6.07) is 1.04. The summed E-state index contributed by atoms with van der Waals surface area (Å²) < 4.78 is 0. The van der Waals surface area contributed by atoms with E-state index in [1.807, 2.05) is 0 Å². The molecule has 0 spiro atoms. The molecule has 0 aromatic rings. The molecule has 4 nitrogen and oxygen atoms in total. The van der Waals surface area contributed by atoms with E-state index < -0.39 is 0 Å². The van der Waals surface area contributed by atoms with Gasteiger partial charge in [0.25, 0.3) is 0 Å². The van der Waals surface area contributed by atoms with Crippen molar-refractivity contribution in [2.45, 2.75) is 12.1 Å².